The summed E-state index contributed by atoms with van der Waals surface area (Å²) < 4.78 is 4.16. The fourth-order valence-corrected chi connectivity index (χ4v) is 6.41. The minimum Gasteiger partial charge on any atom is -0.295 e. The number of hydrogen-bond donors (Lipinski definition) is 1. The fraction of sp³-hybridized carbons (Fsp3) is 0.552. The number of nitrogens with zero attached hydrogens (tertiary/aromatic N) is 6. The Morgan fingerprint density at radius 2 is 2.11 bits per heavy atom. The van der Waals surface area contributed by atoms with Gasteiger partial charge in [0, 0.05) is 47.9 Å². The molecule has 5 rings (SSSR count). The third-order valence-corrected chi connectivity index (χ3v) is 8.56. The molecule has 1 fully saturated rings. The second kappa shape index (κ2) is 10.6. The highest BCUT2D eigenvalue weighted by molar-refractivity contribution is 5.65. The van der Waals surface area contributed by atoms with Gasteiger partial charge in [-0.25, -0.2) is 9.89 Å². The zero-order chi connectivity index (χ0) is 26.0. The molecule has 4 unspecified atom stereocenters. The van der Waals surface area contributed by atoms with E-state index in [2.05, 4.69) is 86.9 Å². The average molecular weight is 502 g/mol. The Labute approximate surface area is 218 Å². The first-order chi connectivity index (χ1) is 17.9. The van der Waals surface area contributed by atoms with Crippen molar-refractivity contribution in [3.05, 3.63) is 64.5 Å². The largest absolute Gasteiger partial charge is 0.328 e. The van der Waals surface area contributed by atoms with Crippen molar-refractivity contribution in [2.75, 3.05) is 0 Å². The molecule has 37 heavy (non-hydrogen) atoms. The quantitative estimate of drug-likeness (QED) is 0.428. The predicted octanol–water partition coefficient (Wildman–Crippen LogP) is 5.34. The van der Waals surface area contributed by atoms with E-state index in [0.29, 0.717) is 30.1 Å². The molecule has 2 aliphatic rings. The van der Waals surface area contributed by atoms with Crippen LogP contribution in [0, 0.1) is 17.8 Å². The number of tetrazole rings is 1. The Morgan fingerprint density at radius 1 is 1.24 bits per heavy atom. The molecule has 1 aliphatic heterocycles. The lowest BCUT2D eigenvalue weighted by molar-refractivity contribution is 0.254. The third kappa shape index (κ3) is 4.86. The van der Waals surface area contributed by atoms with E-state index in [-0.39, 0.29) is 17.1 Å². The third-order valence-electron chi connectivity index (χ3n) is 8.56. The van der Waals surface area contributed by atoms with Gasteiger partial charge >= 0.3 is 5.69 Å². The van der Waals surface area contributed by atoms with Gasteiger partial charge in [0.1, 0.15) is 0 Å². The molecule has 2 aromatic heterocycles. The zero-order valence-corrected chi connectivity index (χ0v) is 22.5. The zero-order valence-electron chi connectivity index (χ0n) is 22.5. The normalized spacial score (nSPS) is 25.4. The fourth-order valence-electron chi connectivity index (χ4n) is 6.41. The number of aliphatic imine (C=N–C) groups is 1. The van der Waals surface area contributed by atoms with Crippen molar-refractivity contribution in [3.8, 4) is 11.4 Å². The summed E-state index contributed by atoms with van der Waals surface area (Å²) in [6, 6.07) is 8.57. The average Bonchev–Trinajstić information content (AvgIpc) is 3.64. The summed E-state index contributed by atoms with van der Waals surface area (Å²) in [5.41, 5.74) is 2.93. The number of H-pyrrole nitrogens is 1. The summed E-state index contributed by atoms with van der Waals surface area (Å²) in [6.07, 6.45) is 14.3. The molecule has 0 amide bonds. The number of nitrogens with one attached hydrogen (secondary N) is 1. The van der Waals surface area contributed by atoms with Crippen LogP contribution in [0.25, 0.3) is 11.4 Å². The summed E-state index contributed by atoms with van der Waals surface area (Å²) >= 11 is 0. The van der Waals surface area contributed by atoms with E-state index in [4.69, 9.17) is 0 Å². The van der Waals surface area contributed by atoms with Crippen LogP contribution >= 0.6 is 0 Å². The lowest BCUT2D eigenvalue weighted by Crippen LogP contribution is -2.38. The molecular weight excluding hydrogens is 462 g/mol. The van der Waals surface area contributed by atoms with Gasteiger partial charge in [0.2, 0.25) is 0 Å². The van der Waals surface area contributed by atoms with Gasteiger partial charge in [0.05, 0.1) is 0 Å². The summed E-state index contributed by atoms with van der Waals surface area (Å²) in [4.78, 5) is 18.6. The van der Waals surface area contributed by atoms with Crippen LogP contribution in [-0.2, 0) is 18.4 Å². The lowest BCUT2D eigenvalue weighted by Gasteiger charge is -2.32. The van der Waals surface area contributed by atoms with Gasteiger partial charge in [0.15, 0.2) is 5.82 Å². The highest BCUT2D eigenvalue weighted by Crippen LogP contribution is 2.44. The smallest absolute Gasteiger partial charge is 0.295 e. The van der Waals surface area contributed by atoms with E-state index in [1.54, 1.807) is 0 Å². The maximum Gasteiger partial charge on any atom is 0.328 e. The molecular formula is C29H39N7O. The monoisotopic (exact) mass is 501 g/mol. The number of unbranched alkanes of at least 4 members (excludes halogenated alkanes) is 1. The van der Waals surface area contributed by atoms with Crippen LogP contribution in [0.15, 0.2) is 52.5 Å². The molecule has 1 aromatic carbocycles. The van der Waals surface area contributed by atoms with Crippen molar-refractivity contribution in [2.45, 2.75) is 84.2 Å². The van der Waals surface area contributed by atoms with E-state index in [1.165, 1.54) is 12.8 Å². The van der Waals surface area contributed by atoms with Crippen molar-refractivity contribution in [2.24, 2.45) is 22.7 Å². The molecule has 1 N–H and O–H groups in total. The number of aromatic amines is 1. The minimum atomic E-state index is -0.388. The lowest BCUT2D eigenvalue weighted by atomic mass is 9.76. The molecule has 0 bridgehead atoms. The van der Waals surface area contributed by atoms with Gasteiger partial charge in [0.25, 0.3) is 0 Å². The second-order valence-electron chi connectivity index (χ2n) is 11.3. The summed E-state index contributed by atoms with van der Waals surface area (Å²) in [7, 11) is 0. The predicted molar refractivity (Wildman–Crippen MR) is 147 cm³/mol. The van der Waals surface area contributed by atoms with E-state index < -0.39 is 0 Å². The molecule has 3 aromatic rings. The van der Waals surface area contributed by atoms with Crippen LogP contribution in [-0.4, -0.2) is 36.0 Å². The molecule has 4 atom stereocenters. The van der Waals surface area contributed by atoms with Gasteiger partial charge in [-0.1, -0.05) is 58.4 Å². The van der Waals surface area contributed by atoms with Gasteiger partial charge in [-0.2, -0.15) is 0 Å². The molecule has 8 nitrogen and oxygen atoms in total. The first kappa shape index (κ1) is 25.4. The first-order valence-electron chi connectivity index (χ1n) is 13.8. The van der Waals surface area contributed by atoms with Crippen molar-refractivity contribution in [1.29, 1.82) is 0 Å². The SMILES string of the molecule is CCCCc1cn(C2C(C)CCC2C(C)C)c(=O)n1CC1(c2cccc(-c3nnn[nH]3)c2)C=CN=CC1. The molecule has 1 aliphatic carbocycles. The van der Waals surface area contributed by atoms with E-state index in [0.717, 1.165) is 42.5 Å². The van der Waals surface area contributed by atoms with Crippen LogP contribution in [0.1, 0.15) is 77.1 Å². The standard InChI is InChI=1S/C29H39N7O/c1-5-6-10-24-18-35(26-21(4)11-12-25(26)20(2)3)28(37)36(24)19-29(13-15-30-16-14-29)23-9-7-8-22(17-23)27-31-33-34-32-27/h7-9,13,15-18,20-21,25-26H,5-6,10-12,14,19H2,1-4H3,(H,31,32,33,34). The Morgan fingerprint density at radius 3 is 2.81 bits per heavy atom. The molecule has 3 heterocycles. The Kier molecular flexibility index (Phi) is 7.26. The maximum atomic E-state index is 14.2. The van der Waals surface area contributed by atoms with Crippen molar-refractivity contribution >= 4 is 6.21 Å². The molecule has 0 saturated heterocycles. The second-order valence-corrected chi connectivity index (χ2v) is 11.3. The van der Waals surface area contributed by atoms with Crippen LogP contribution in [0.4, 0.5) is 0 Å². The van der Waals surface area contributed by atoms with Crippen molar-refractivity contribution in [3.63, 3.8) is 0 Å². The van der Waals surface area contributed by atoms with E-state index in [9.17, 15) is 4.79 Å². The number of hydrogen-bond acceptors (Lipinski definition) is 5. The topological polar surface area (TPSA) is 93.7 Å². The summed E-state index contributed by atoms with van der Waals surface area (Å²) in [5, 5.41) is 14.4. The van der Waals surface area contributed by atoms with Gasteiger partial charge in [-0.05, 0) is 71.9 Å². The van der Waals surface area contributed by atoms with Crippen LogP contribution in [0.3, 0.4) is 0 Å². The Bertz CT molecular complexity index is 1320. The number of imidazole rings is 1. The molecule has 1 saturated carbocycles. The van der Waals surface area contributed by atoms with E-state index >= 15 is 0 Å². The highest BCUT2D eigenvalue weighted by atomic mass is 16.1. The maximum absolute atomic E-state index is 14.2. The van der Waals surface area contributed by atoms with Gasteiger partial charge in [-0.15, -0.1) is 5.10 Å². The summed E-state index contributed by atoms with van der Waals surface area (Å²) in [5.74, 6) is 2.22. The molecule has 0 radical (unpaired) electrons. The Balaban J connectivity index is 1.58. The number of benzene rings is 1. The van der Waals surface area contributed by atoms with Gasteiger partial charge in [-0.3, -0.25) is 14.1 Å². The summed E-state index contributed by atoms with van der Waals surface area (Å²) in [6.45, 7) is 9.70. The van der Waals surface area contributed by atoms with Gasteiger partial charge < -0.3 is 0 Å². The van der Waals surface area contributed by atoms with Crippen molar-refractivity contribution < 1.29 is 0 Å². The number of aryl methyl sites for hydroxylation is 1. The number of allylic oxidation sites excluding steroid dienone is 1. The number of rotatable bonds is 9. The Hall–Kier alpha value is -3.29. The van der Waals surface area contributed by atoms with Crippen LogP contribution < -0.4 is 5.69 Å². The molecule has 0 spiro atoms. The molecule has 8 heteroatoms. The first-order valence-corrected chi connectivity index (χ1v) is 13.8. The van der Waals surface area contributed by atoms with Crippen molar-refractivity contribution in [1.82, 2.24) is 29.8 Å². The van der Waals surface area contributed by atoms with E-state index in [1.807, 2.05) is 24.5 Å². The molecule has 196 valence electrons. The highest BCUT2D eigenvalue weighted by Gasteiger charge is 2.39. The van der Waals surface area contributed by atoms with Crippen LogP contribution in [0.2, 0.25) is 0 Å². The van der Waals surface area contributed by atoms with Crippen LogP contribution in [0.5, 0.6) is 0 Å². The minimum absolute atomic E-state index is 0.126. The number of aromatic nitrogens is 6.